The van der Waals surface area contributed by atoms with Crippen LogP contribution >= 0.6 is 0 Å². The van der Waals surface area contributed by atoms with Crippen LogP contribution in [0, 0.1) is 10.1 Å². The van der Waals surface area contributed by atoms with E-state index in [1.807, 2.05) is 0 Å². The summed E-state index contributed by atoms with van der Waals surface area (Å²) in [7, 11) is 0. The van der Waals surface area contributed by atoms with E-state index in [2.05, 4.69) is 5.32 Å². The Hall–Kier alpha value is -2.24. The molecule has 0 saturated carbocycles. The van der Waals surface area contributed by atoms with E-state index in [0.717, 1.165) is 5.56 Å². The predicted octanol–water partition coefficient (Wildman–Crippen LogP) is 1.11. The van der Waals surface area contributed by atoms with Crippen LogP contribution in [0.15, 0.2) is 24.3 Å². The van der Waals surface area contributed by atoms with Gasteiger partial charge in [0.25, 0.3) is 5.69 Å². The number of carbonyl (C=O) groups is 2. The lowest BCUT2D eigenvalue weighted by Crippen LogP contribution is -2.37. The van der Waals surface area contributed by atoms with Gasteiger partial charge in [-0.1, -0.05) is 12.1 Å². The number of nitrogens with one attached hydrogen (secondary N) is 1. The molecule has 0 unspecified atom stereocenters. The SMILES string of the molecule is O=C1CC(c2ccc([N+](=O)[O-])cc2)CC(=O)N1. The van der Waals surface area contributed by atoms with Gasteiger partial charge in [0, 0.05) is 30.9 Å². The van der Waals surface area contributed by atoms with Gasteiger partial charge in [0.05, 0.1) is 4.92 Å². The van der Waals surface area contributed by atoms with Crippen molar-refractivity contribution in [2.24, 2.45) is 0 Å². The van der Waals surface area contributed by atoms with Crippen molar-refractivity contribution in [3.05, 3.63) is 39.9 Å². The van der Waals surface area contributed by atoms with Gasteiger partial charge in [-0.3, -0.25) is 25.0 Å². The van der Waals surface area contributed by atoms with Gasteiger partial charge in [-0.05, 0) is 5.56 Å². The van der Waals surface area contributed by atoms with Crippen molar-refractivity contribution in [2.45, 2.75) is 18.8 Å². The zero-order chi connectivity index (χ0) is 12.4. The molecule has 0 aliphatic carbocycles. The highest BCUT2D eigenvalue weighted by Crippen LogP contribution is 2.27. The average molecular weight is 234 g/mol. The van der Waals surface area contributed by atoms with Crippen molar-refractivity contribution in [1.82, 2.24) is 5.32 Å². The summed E-state index contributed by atoms with van der Waals surface area (Å²) in [5.41, 5.74) is 0.777. The van der Waals surface area contributed by atoms with E-state index in [4.69, 9.17) is 0 Å². The van der Waals surface area contributed by atoms with E-state index >= 15 is 0 Å². The largest absolute Gasteiger partial charge is 0.296 e. The maximum atomic E-state index is 11.2. The predicted molar refractivity (Wildman–Crippen MR) is 58.2 cm³/mol. The monoisotopic (exact) mass is 234 g/mol. The van der Waals surface area contributed by atoms with E-state index in [9.17, 15) is 19.7 Å². The summed E-state index contributed by atoms with van der Waals surface area (Å²) in [5, 5.41) is 12.7. The number of nitrogens with zero attached hydrogens (tertiary/aromatic N) is 1. The van der Waals surface area contributed by atoms with Crippen molar-refractivity contribution in [1.29, 1.82) is 0 Å². The van der Waals surface area contributed by atoms with Crippen LogP contribution in [0.5, 0.6) is 0 Å². The minimum atomic E-state index is -0.484. The first-order chi connectivity index (χ1) is 8.06. The Labute approximate surface area is 96.8 Å². The second-order valence-electron chi connectivity index (χ2n) is 3.93. The van der Waals surface area contributed by atoms with Crippen molar-refractivity contribution < 1.29 is 14.5 Å². The van der Waals surface area contributed by atoms with Gasteiger partial charge in [-0.15, -0.1) is 0 Å². The van der Waals surface area contributed by atoms with Crippen molar-refractivity contribution >= 4 is 17.5 Å². The summed E-state index contributed by atoms with van der Waals surface area (Å²) >= 11 is 0. The Balaban J connectivity index is 2.19. The molecule has 2 rings (SSSR count). The highest BCUT2D eigenvalue weighted by Gasteiger charge is 2.26. The topological polar surface area (TPSA) is 89.3 Å². The number of hydrogen-bond acceptors (Lipinski definition) is 4. The fraction of sp³-hybridized carbons (Fsp3) is 0.273. The summed E-state index contributed by atoms with van der Waals surface area (Å²) in [5.74, 6) is -0.786. The van der Waals surface area contributed by atoms with Crippen LogP contribution in [0.3, 0.4) is 0 Å². The Morgan fingerprint density at radius 2 is 1.65 bits per heavy atom. The molecule has 0 bridgehead atoms. The Morgan fingerprint density at radius 1 is 1.12 bits per heavy atom. The first-order valence-corrected chi connectivity index (χ1v) is 5.13. The van der Waals surface area contributed by atoms with Crippen molar-refractivity contribution in [2.75, 3.05) is 0 Å². The van der Waals surface area contributed by atoms with Gasteiger partial charge in [0.1, 0.15) is 0 Å². The number of nitro benzene ring substituents is 1. The molecule has 1 aromatic carbocycles. The lowest BCUT2D eigenvalue weighted by atomic mass is 9.89. The third kappa shape index (κ3) is 2.47. The third-order valence-corrected chi connectivity index (χ3v) is 2.72. The lowest BCUT2D eigenvalue weighted by Gasteiger charge is -2.20. The first-order valence-electron chi connectivity index (χ1n) is 5.13. The number of benzene rings is 1. The number of rotatable bonds is 2. The molecular formula is C11H10N2O4. The molecule has 1 fully saturated rings. The minimum Gasteiger partial charge on any atom is -0.296 e. The number of non-ortho nitro benzene ring substituents is 1. The second kappa shape index (κ2) is 4.32. The molecule has 1 aromatic rings. The van der Waals surface area contributed by atoms with Gasteiger partial charge >= 0.3 is 0 Å². The zero-order valence-electron chi connectivity index (χ0n) is 8.88. The number of nitro groups is 1. The average Bonchev–Trinajstić information content (AvgIpc) is 2.28. The van der Waals surface area contributed by atoms with Gasteiger partial charge in [0.15, 0.2) is 0 Å². The molecule has 1 heterocycles. The molecule has 0 atom stereocenters. The smallest absolute Gasteiger partial charge is 0.269 e. The highest BCUT2D eigenvalue weighted by atomic mass is 16.6. The molecule has 0 aromatic heterocycles. The quantitative estimate of drug-likeness (QED) is 0.471. The molecular weight excluding hydrogens is 224 g/mol. The van der Waals surface area contributed by atoms with Gasteiger partial charge in [-0.25, -0.2) is 0 Å². The van der Waals surface area contributed by atoms with Crippen molar-refractivity contribution in [3.63, 3.8) is 0 Å². The molecule has 1 aliphatic rings. The first kappa shape index (κ1) is 11.3. The summed E-state index contributed by atoms with van der Waals surface area (Å²) in [6.45, 7) is 0. The van der Waals surface area contributed by atoms with E-state index in [0.29, 0.717) is 0 Å². The minimum absolute atomic E-state index is 0.000313. The van der Waals surface area contributed by atoms with Crippen LogP contribution in [0.1, 0.15) is 24.3 Å². The maximum Gasteiger partial charge on any atom is 0.269 e. The standard InChI is InChI=1S/C11H10N2O4/c14-10-5-8(6-11(15)12-10)7-1-3-9(4-2-7)13(16)17/h1-4,8H,5-6H2,(H,12,14,15). The maximum absolute atomic E-state index is 11.2. The molecule has 6 nitrogen and oxygen atoms in total. The molecule has 17 heavy (non-hydrogen) atoms. The van der Waals surface area contributed by atoms with Crippen LogP contribution in [0.2, 0.25) is 0 Å². The molecule has 0 radical (unpaired) electrons. The van der Waals surface area contributed by atoms with E-state index in [-0.39, 0.29) is 36.3 Å². The number of hydrogen-bond donors (Lipinski definition) is 1. The summed E-state index contributed by atoms with van der Waals surface area (Å²) in [6.07, 6.45) is 0.479. The normalized spacial score (nSPS) is 16.7. The molecule has 1 N–H and O–H groups in total. The molecule has 6 heteroatoms. The second-order valence-corrected chi connectivity index (χ2v) is 3.93. The van der Waals surface area contributed by atoms with E-state index < -0.39 is 4.92 Å². The molecule has 1 saturated heterocycles. The van der Waals surface area contributed by atoms with Gasteiger partial charge in [0.2, 0.25) is 11.8 Å². The van der Waals surface area contributed by atoms with E-state index in [1.165, 1.54) is 12.1 Å². The summed E-state index contributed by atoms with van der Waals surface area (Å²) in [4.78, 5) is 32.4. The Kier molecular flexibility index (Phi) is 2.86. The zero-order valence-corrected chi connectivity index (χ0v) is 8.88. The third-order valence-electron chi connectivity index (χ3n) is 2.72. The van der Waals surface area contributed by atoms with E-state index in [1.54, 1.807) is 12.1 Å². The molecule has 2 amide bonds. The summed E-state index contributed by atoms with van der Waals surface area (Å²) < 4.78 is 0. The van der Waals surface area contributed by atoms with Crippen LogP contribution in [-0.4, -0.2) is 16.7 Å². The lowest BCUT2D eigenvalue weighted by molar-refractivity contribution is -0.384. The number of piperidine rings is 1. The van der Waals surface area contributed by atoms with Crippen LogP contribution in [-0.2, 0) is 9.59 Å². The molecule has 0 spiro atoms. The van der Waals surface area contributed by atoms with Gasteiger partial charge < -0.3 is 0 Å². The number of amides is 2. The van der Waals surface area contributed by atoms with Crippen LogP contribution in [0.25, 0.3) is 0 Å². The van der Waals surface area contributed by atoms with Crippen LogP contribution in [0.4, 0.5) is 5.69 Å². The Morgan fingerprint density at radius 3 is 2.12 bits per heavy atom. The van der Waals surface area contributed by atoms with Gasteiger partial charge in [-0.2, -0.15) is 0 Å². The molecule has 88 valence electrons. The Bertz CT molecular complexity index is 465. The molecule has 1 aliphatic heterocycles. The fourth-order valence-electron chi connectivity index (χ4n) is 1.88. The number of imide groups is 1. The fourth-order valence-corrected chi connectivity index (χ4v) is 1.88. The van der Waals surface area contributed by atoms with Crippen molar-refractivity contribution in [3.8, 4) is 0 Å². The van der Waals surface area contributed by atoms with Crippen LogP contribution < -0.4 is 5.32 Å². The summed E-state index contributed by atoms with van der Waals surface area (Å²) in [6, 6.07) is 5.95. The number of carbonyl (C=O) groups excluding carboxylic acids is 2. The highest BCUT2D eigenvalue weighted by molar-refractivity contribution is 5.98.